The number of thiocarbonyl (C=S) groups is 1. The van der Waals surface area contributed by atoms with Crippen molar-refractivity contribution in [3.05, 3.63) is 64.7 Å². The average molecular weight is 272 g/mol. The highest BCUT2D eigenvalue weighted by atomic mass is 32.1. The predicted molar refractivity (Wildman–Crippen MR) is 76.7 cm³/mol. The van der Waals surface area contributed by atoms with Crippen LogP contribution < -0.4 is 5.32 Å². The van der Waals surface area contributed by atoms with Gasteiger partial charge in [0.05, 0.1) is 11.5 Å². The summed E-state index contributed by atoms with van der Waals surface area (Å²) in [6.45, 7) is 0. The van der Waals surface area contributed by atoms with E-state index in [1.807, 2.05) is 18.3 Å². The number of fused-ring (bicyclic) bond motifs is 2. The first kappa shape index (κ1) is 12.2. The third-order valence-corrected chi connectivity index (χ3v) is 3.74. The van der Waals surface area contributed by atoms with Crippen molar-refractivity contribution in [2.45, 2.75) is 18.9 Å². The van der Waals surface area contributed by atoms with Gasteiger partial charge < -0.3 is 5.32 Å². The maximum Gasteiger partial charge on any atom is 0.126 e. The zero-order chi connectivity index (χ0) is 13.2. The van der Waals surface area contributed by atoms with Gasteiger partial charge in [-0.1, -0.05) is 24.4 Å². The number of nitrogens with one attached hydrogen (secondary N) is 1. The third kappa shape index (κ3) is 2.12. The monoisotopic (exact) mass is 272 g/mol. The predicted octanol–water partition coefficient (Wildman–Crippen LogP) is 2.96. The fourth-order valence-electron chi connectivity index (χ4n) is 2.71. The molecule has 1 heterocycles. The van der Waals surface area contributed by atoms with Gasteiger partial charge in [-0.15, -0.1) is 0 Å². The first-order valence-electron chi connectivity index (χ1n) is 6.21. The fourth-order valence-corrected chi connectivity index (χ4v) is 2.84. The number of pyridine rings is 1. The molecule has 4 heteroatoms. The normalized spacial score (nSPS) is 17.0. The van der Waals surface area contributed by atoms with E-state index in [4.69, 9.17) is 12.2 Å². The van der Waals surface area contributed by atoms with E-state index in [1.54, 1.807) is 12.3 Å². The molecule has 0 saturated heterocycles. The Kier molecular flexibility index (Phi) is 3.25. The molecule has 0 radical (unpaired) electrons. The van der Waals surface area contributed by atoms with E-state index in [0.29, 0.717) is 6.42 Å². The summed E-state index contributed by atoms with van der Waals surface area (Å²) in [5.74, 6) is -0.144. The first-order valence-corrected chi connectivity index (χ1v) is 6.68. The van der Waals surface area contributed by atoms with E-state index < -0.39 is 0 Å². The maximum atomic E-state index is 14.0. The van der Waals surface area contributed by atoms with Crippen molar-refractivity contribution >= 4 is 17.7 Å². The summed E-state index contributed by atoms with van der Waals surface area (Å²) in [5.41, 5.74) is 5.48. The lowest BCUT2D eigenvalue weighted by atomic mass is 9.96. The van der Waals surface area contributed by atoms with Crippen molar-refractivity contribution in [3.8, 4) is 0 Å². The molecule has 1 N–H and O–H groups in total. The quantitative estimate of drug-likeness (QED) is 0.851. The van der Waals surface area contributed by atoms with Crippen molar-refractivity contribution in [2.24, 2.45) is 0 Å². The standard InChI is InChI=1S/C15H13FN2S/c16-14-3-1-2-12-11(14)5-4-10-6-7-17-8-13(10)15(12)18-9-19/h1-3,6-9,15H,4-5H2,(H,18,19). The van der Waals surface area contributed by atoms with Crippen LogP contribution in [0.3, 0.4) is 0 Å². The van der Waals surface area contributed by atoms with Crippen LogP contribution in [-0.2, 0) is 12.8 Å². The number of benzene rings is 1. The number of aryl methyl sites for hydroxylation is 1. The number of halogens is 1. The van der Waals surface area contributed by atoms with Crippen molar-refractivity contribution in [2.75, 3.05) is 0 Å². The van der Waals surface area contributed by atoms with Crippen LogP contribution in [0.5, 0.6) is 0 Å². The second-order valence-electron chi connectivity index (χ2n) is 4.60. The Bertz CT molecular complexity index is 627. The van der Waals surface area contributed by atoms with E-state index in [9.17, 15) is 4.39 Å². The molecule has 1 aromatic heterocycles. The minimum absolute atomic E-state index is 0.116. The van der Waals surface area contributed by atoms with E-state index in [-0.39, 0.29) is 11.9 Å². The summed E-state index contributed by atoms with van der Waals surface area (Å²) in [5, 5.41) is 3.15. The minimum atomic E-state index is -0.144. The topological polar surface area (TPSA) is 24.9 Å². The molecule has 2 nitrogen and oxygen atoms in total. The fraction of sp³-hybridized carbons (Fsp3) is 0.200. The van der Waals surface area contributed by atoms with Gasteiger partial charge in [0, 0.05) is 18.0 Å². The Labute approximate surface area is 116 Å². The summed E-state index contributed by atoms with van der Waals surface area (Å²) in [7, 11) is 0. The molecule has 1 aromatic carbocycles. The van der Waals surface area contributed by atoms with Crippen LogP contribution in [0.25, 0.3) is 0 Å². The lowest BCUT2D eigenvalue weighted by Gasteiger charge is -2.19. The highest BCUT2D eigenvalue weighted by Crippen LogP contribution is 2.32. The lowest BCUT2D eigenvalue weighted by Crippen LogP contribution is -2.21. The largest absolute Gasteiger partial charge is 0.371 e. The van der Waals surface area contributed by atoms with Gasteiger partial charge in [-0.25, -0.2) is 4.39 Å². The molecule has 1 aliphatic rings. The van der Waals surface area contributed by atoms with Crippen molar-refractivity contribution in [3.63, 3.8) is 0 Å². The van der Waals surface area contributed by atoms with Crippen LogP contribution >= 0.6 is 12.2 Å². The van der Waals surface area contributed by atoms with Gasteiger partial charge in [-0.3, -0.25) is 4.98 Å². The Morgan fingerprint density at radius 3 is 3.00 bits per heavy atom. The molecule has 0 saturated carbocycles. The molecule has 0 bridgehead atoms. The number of hydrogen-bond donors (Lipinski definition) is 1. The zero-order valence-electron chi connectivity index (χ0n) is 10.3. The van der Waals surface area contributed by atoms with Crippen molar-refractivity contribution in [1.82, 2.24) is 10.3 Å². The highest BCUT2D eigenvalue weighted by Gasteiger charge is 2.24. The van der Waals surface area contributed by atoms with Crippen LogP contribution in [0.15, 0.2) is 36.7 Å². The van der Waals surface area contributed by atoms with E-state index in [0.717, 1.165) is 23.1 Å². The molecule has 1 unspecified atom stereocenters. The van der Waals surface area contributed by atoms with E-state index in [2.05, 4.69) is 10.3 Å². The van der Waals surface area contributed by atoms with Crippen LogP contribution in [-0.4, -0.2) is 10.5 Å². The van der Waals surface area contributed by atoms with Gasteiger partial charge in [0.15, 0.2) is 0 Å². The van der Waals surface area contributed by atoms with Crippen LogP contribution in [0.2, 0.25) is 0 Å². The molecule has 1 atom stereocenters. The van der Waals surface area contributed by atoms with E-state index >= 15 is 0 Å². The van der Waals surface area contributed by atoms with Crippen molar-refractivity contribution in [1.29, 1.82) is 0 Å². The first-order chi connectivity index (χ1) is 9.31. The molecule has 3 rings (SSSR count). The Morgan fingerprint density at radius 2 is 2.16 bits per heavy atom. The SMILES string of the molecule is Fc1cccc2c1CCc1ccncc1C2NC=S. The van der Waals surface area contributed by atoms with Gasteiger partial charge in [0.1, 0.15) is 5.82 Å². The summed E-state index contributed by atoms with van der Waals surface area (Å²) in [6, 6.07) is 7.10. The zero-order valence-corrected chi connectivity index (χ0v) is 11.1. The van der Waals surface area contributed by atoms with Gasteiger partial charge in [-0.2, -0.15) is 0 Å². The molecule has 0 amide bonds. The molecule has 2 aromatic rings. The number of nitrogens with zero attached hydrogens (tertiary/aromatic N) is 1. The molecule has 0 fully saturated rings. The van der Waals surface area contributed by atoms with Gasteiger partial charge >= 0.3 is 0 Å². The maximum absolute atomic E-state index is 14.0. The van der Waals surface area contributed by atoms with Gasteiger partial charge in [0.2, 0.25) is 0 Å². The summed E-state index contributed by atoms with van der Waals surface area (Å²) in [6.07, 6.45) is 5.14. The Morgan fingerprint density at radius 1 is 1.26 bits per heavy atom. The molecular formula is C15H13FN2S. The lowest BCUT2D eigenvalue weighted by molar-refractivity contribution is 0.603. The minimum Gasteiger partial charge on any atom is -0.371 e. The molecular weight excluding hydrogens is 259 g/mol. The van der Waals surface area contributed by atoms with Crippen LogP contribution in [0.1, 0.15) is 28.3 Å². The molecule has 0 aliphatic heterocycles. The second-order valence-corrected chi connectivity index (χ2v) is 4.84. The Hall–Kier alpha value is -1.81. The summed E-state index contributed by atoms with van der Waals surface area (Å²) in [4.78, 5) is 4.19. The van der Waals surface area contributed by atoms with E-state index in [1.165, 1.54) is 17.1 Å². The van der Waals surface area contributed by atoms with Gasteiger partial charge in [0.25, 0.3) is 0 Å². The number of aromatic nitrogens is 1. The number of rotatable bonds is 2. The smallest absolute Gasteiger partial charge is 0.126 e. The molecule has 1 aliphatic carbocycles. The number of hydrogen-bond acceptors (Lipinski definition) is 2. The molecule has 19 heavy (non-hydrogen) atoms. The van der Waals surface area contributed by atoms with Crippen LogP contribution in [0.4, 0.5) is 4.39 Å². The van der Waals surface area contributed by atoms with Gasteiger partial charge in [-0.05, 0) is 41.7 Å². The summed E-state index contributed by atoms with van der Waals surface area (Å²) >= 11 is 4.92. The molecule has 96 valence electrons. The van der Waals surface area contributed by atoms with Crippen molar-refractivity contribution < 1.29 is 4.39 Å². The average Bonchev–Trinajstić information content (AvgIpc) is 2.59. The summed E-state index contributed by atoms with van der Waals surface area (Å²) < 4.78 is 14.0. The second kappa shape index (κ2) is 5.05. The Balaban J connectivity index is 2.20. The highest BCUT2D eigenvalue weighted by molar-refractivity contribution is 7.78. The third-order valence-electron chi connectivity index (χ3n) is 3.60. The molecule has 0 spiro atoms. The van der Waals surface area contributed by atoms with Crippen LogP contribution in [0, 0.1) is 5.82 Å².